The van der Waals surface area contributed by atoms with Crippen molar-refractivity contribution in [3.05, 3.63) is 28.8 Å². The van der Waals surface area contributed by atoms with Crippen LogP contribution in [-0.4, -0.2) is 11.4 Å². The van der Waals surface area contributed by atoms with Crippen LogP contribution in [0.1, 0.15) is 30.1 Å². The minimum atomic E-state index is -0.144. The first-order valence-corrected chi connectivity index (χ1v) is 5.25. The topological polar surface area (TPSA) is 55.1 Å². The molecule has 4 heteroatoms. The van der Waals surface area contributed by atoms with Gasteiger partial charge < -0.3 is 11.1 Å². The number of nitrogens with one attached hydrogen (secondary N) is 1. The van der Waals surface area contributed by atoms with Gasteiger partial charge in [0.25, 0.3) is 5.91 Å². The fourth-order valence-corrected chi connectivity index (χ4v) is 1.55. The van der Waals surface area contributed by atoms with Crippen LogP contribution in [0, 0.1) is 0 Å². The summed E-state index contributed by atoms with van der Waals surface area (Å²) in [7, 11) is 0. The van der Waals surface area contributed by atoms with Gasteiger partial charge in [0, 0.05) is 16.2 Å². The molecule has 1 aromatic rings. The number of halogens is 1. The molecule has 80 valence electrons. The quantitative estimate of drug-likeness (QED) is 0.757. The lowest BCUT2D eigenvalue weighted by Gasteiger charge is -2.12. The Hall–Kier alpha value is -1.22. The summed E-state index contributed by atoms with van der Waals surface area (Å²) in [6.45, 7) is 2.02. The second-order valence-electron chi connectivity index (χ2n) is 4.25. The van der Waals surface area contributed by atoms with Gasteiger partial charge in [-0.05, 0) is 38.0 Å². The Bertz CT molecular complexity index is 413. The Kier molecular flexibility index (Phi) is 2.35. The van der Waals surface area contributed by atoms with Crippen molar-refractivity contribution >= 4 is 23.2 Å². The molecule has 0 spiro atoms. The Balaban J connectivity index is 2.21. The fourth-order valence-electron chi connectivity index (χ4n) is 1.38. The van der Waals surface area contributed by atoms with Gasteiger partial charge in [0.05, 0.1) is 5.56 Å². The molecule has 0 bridgehead atoms. The van der Waals surface area contributed by atoms with Crippen molar-refractivity contribution in [1.82, 2.24) is 5.32 Å². The summed E-state index contributed by atoms with van der Waals surface area (Å²) in [6, 6.07) is 4.91. The van der Waals surface area contributed by atoms with E-state index in [0.717, 1.165) is 12.8 Å². The first-order chi connectivity index (χ1) is 7.00. The van der Waals surface area contributed by atoms with E-state index >= 15 is 0 Å². The van der Waals surface area contributed by atoms with Gasteiger partial charge in [-0.3, -0.25) is 4.79 Å². The minimum Gasteiger partial charge on any atom is -0.398 e. The zero-order valence-electron chi connectivity index (χ0n) is 8.51. The van der Waals surface area contributed by atoms with Crippen molar-refractivity contribution in [2.24, 2.45) is 0 Å². The molecule has 0 heterocycles. The first kappa shape index (κ1) is 10.3. The Morgan fingerprint density at radius 1 is 1.53 bits per heavy atom. The van der Waals surface area contributed by atoms with Crippen LogP contribution in [0.2, 0.25) is 5.02 Å². The van der Waals surface area contributed by atoms with Gasteiger partial charge in [-0.25, -0.2) is 0 Å². The highest BCUT2D eigenvalue weighted by atomic mass is 35.5. The van der Waals surface area contributed by atoms with Crippen LogP contribution in [0.5, 0.6) is 0 Å². The Labute approximate surface area is 93.6 Å². The molecule has 3 N–H and O–H groups in total. The molecule has 1 aromatic carbocycles. The number of hydrogen-bond donors (Lipinski definition) is 2. The van der Waals surface area contributed by atoms with Gasteiger partial charge in [-0.2, -0.15) is 0 Å². The van der Waals surface area contributed by atoms with Crippen LogP contribution in [0.15, 0.2) is 18.2 Å². The van der Waals surface area contributed by atoms with Gasteiger partial charge in [0.1, 0.15) is 0 Å². The highest BCUT2D eigenvalue weighted by Gasteiger charge is 2.39. The predicted octanol–water partition coefficient (Wildman–Crippen LogP) is 2.20. The lowest BCUT2D eigenvalue weighted by atomic mass is 10.1. The highest BCUT2D eigenvalue weighted by Crippen LogP contribution is 2.34. The fraction of sp³-hybridized carbons (Fsp3) is 0.364. The van der Waals surface area contributed by atoms with Crippen LogP contribution >= 0.6 is 11.6 Å². The molecule has 0 saturated heterocycles. The van der Waals surface area contributed by atoms with Crippen molar-refractivity contribution < 1.29 is 4.79 Å². The average molecular weight is 225 g/mol. The molecule has 2 rings (SSSR count). The van der Waals surface area contributed by atoms with Gasteiger partial charge in [0.15, 0.2) is 0 Å². The van der Waals surface area contributed by atoms with Gasteiger partial charge in [0.2, 0.25) is 0 Å². The smallest absolute Gasteiger partial charge is 0.253 e. The largest absolute Gasteiger partial charge is 0.398 e. The Morgan fingerprint density at radius 3 is 2.80 bits per heavy atom. The van der Waals surface area contributed by atoms with Crippen LogP contribution in [0.3, 0.4) is 0 Å². The van der Waals surface area contributed by atoms with E-state index in [1.54, 1.807) is 18.2 Å². The number of carbonyl (C=O) groups is 1. The summed E-state index contributed by atoms with van der Waals surface area (Å²) >= 11 is 5.81. The van der Waals surface area contributed by atoms with E-state index < -0.39 is 0 Å². The van der Waals surface area contributed by atoms with E-state index in [0.29, 0.717) is 16.3 Å². The minimum absolute atomic E-state index is 0.0359. The molecule has 1 aliphatic carbocycles. The molecule has 1 aliphatic rings. The van der Waals surface area contributed by atoms with Crippen molar-refractivity contribution in [2.45, 2.75) is 25.3 Å². The number of amides is 1. The van der Waals surface area contributed by atoms with Crippen molar-refractivity contribution in [3.8, 4) is 0 Å². The van der Waals surface area contributed by atoms with Crippen LogP contribution in [0.4, 0.5) is 5.69 Å². The molecule has 1 saturated carbocycles. The monoisotopic (exact) mass is 224 g/mol. The normalized spacial score (nSPS) is 17.2. The van der Waals surface area contributed by atoms with E-state index in [4.69, 9.17) is 17.3 Å². The standard InChI is InChI=1S/C11H13ClN2O/c1-11(4-5-11)14-10(15)8-6-7(12)2-3-9(8)13/h2-3,6H,4-5,13H2,1H3,(H,14,15). The summed E-state index contributed by atoms with van der Waals surface area (Å²) in [5.74, 6) is -0.144. The summed E-state index contributed by atoms with van der Waals surface area (Å²) in [4.78, 5) is 11.8. The molecule has 0 aromatic heterocycles. The maximum Gasteiger partial charge on any atom is 0.253 e. The number of nitrogens with two attached hydrogens (primary N) is 1. The first-order valence-electron chi connectivity index (χ1n) is 4.88. The van der Waals surface area contributed by atoms with Crippen molar-refractivity contribution in [3.63, 3.8) is 0 Å². The van der Waals surface area contributed by atoms with Gasteiger partial charge in [-0.1, -0.05) is 11.6 Å². The van der Waals surface area contributed by atoms with E-state index in [1.165, 1.54) is 0 Å². The van der Waals surface area contributed by atoms with Crippen molar-refractivity contribution in [1.29, 1.82) is 0 Å². The molecular weight excluding hydrogens is 212 g/mol. The van der Waals surface area contributed by atoms with Crippen LogP contribution < -0.4 is 11.1 Å². The molecule has 0 unspecified atom stereocenters. The second-order valence-corrected chi connectivity index (χ2v) is 4.68. The molecule has 3 nitrogen and oxygen atoms in total. The molecule has 0 radical (unpaired) electrons. The molecule has 1 fully saturated rings. The summed E-state index contributed by atoms with van der Waals surface area (Å²) in [5, 5.41) is 3.46. The molecule has 0 aliphatic heterocycles. The Morgan fingerprint density at radius 2 is 2.20 bits per heavy atom. The number of rotatable bonds is 2. The summed E-state index contributed by atoms with van der Waals surface area (Å²) in [5.41, 5.74) is 6.59. The molecular formula is C11H13ClN2O. The third kappa shape index (κ3) is 2.23. The zero-order valence-corrected chi connectivity index (χ0v) is 9.27. The number of carbonyl (C=O) groups excluding carboxylic acids is 1. The maximum absolute atomic E-state index is 11.8. The number of benzene rings is 1. The van der Waals surface area contributed by atoms with Gasteiger partial charge >= 0.3 is 0 Å². The lowest BCUT2D eigenvalue weighted by molar-refractivity contribution is 0.0936. The van der Waals surface area contributed by atoms with E-state index in [9.17, 15) is 4.79 Å². The highest BCUT2D eigenvalue weighted by molar-refractivity contribution is 6.31. The maximum atomic E-state index is 11.8. The zero-order chi connectivity index (χ0) is 11.1. The second kappa shape index (κ2) is 3.42. The SMILES string of the molecule is CC1(NC(=O)c2cc(Cl)ccc2N)CC1. The number of nitrogen functional groups attached to an aromatic ring is 1. The third-order valence-corrected chi connectivity index (χ3v) is 2.91. The van der Waals surface area contributed by atoms with E-state index in [-0.39, 0.29) is 11.4 Å². The average Bonchev–Trinajstić information content (AvgIpc) is 2.87. The number of hydrogen-bond acceptors (Lipinski definition) is 2. The molecule has 1 amide bonds. The summed E-state index contributed by atoms with van der Waals surface area (Å²) < 4.78 is 0. The number of anilines is 1. The predicted molar refractivity (Wildman–Crippen MR) is 61.0 cm³/mol. The third-order valence-electron chi connectivity index (χ3n) is 2.68. The van der Waals surface area contributed by atoms with Crippen molar-refractivity contribution in [2.75, 3.05) is 5.73 Å². The summed E-state index contributed by atoms with van der Waals surface area (Å²) in [6.07, 6.45) is 2.05. The molecule has 15 heavy (non-hydrogen) atoms. The van der Waals surface area contributed by atoms with Crippen LogP contribution in [-0.2, 0) is 0 Å². The van der Waals surface area contributed by atoms with Gasteiger partial charge in [-0.15, -0.1) is 0 Å². The molecule has 0 atom stereocenters. The van der Waals surface area contributed by atoms with E-state index in [1.807, 2.05) is 6.92 Å². The van der Waals surface area contributed by atoms with E-state index in [2.05, 4.69) is 5.32 Å². The lowest BCUT2D eigenvalue weighted by Crippen LogP contribution is -2.34. The van der Waals surface area contributed by atoms with Crippen LogP contribution in [0.25, 0.3) is 0 Å².